The van der Waals surface area contributed by atoms with Gasteiger partial charge in [0.05, 0.1) is 12.7 Å². The molecule has 0 aliphatic carbocycles. The van der Waals surface area contributed by atoms with Crippen LogP contribution in [0.5, 0.6) is 0 Å². The van der Waals surface area contributed by atoms with Crippen LogP contribution in [0, 0.1) is 0 Å². The summed E-state index contributed by atoms with van der Waals surface area (Å²) in [6.45, 7) is 0.248. The molecule has 1 fully saturated rings. The van der Waals surface area contributed by atoms with E-state index in [0.717, 1.165) is 5.56 Å². The number of hydrogen-bond donors (Lipinski definition) is 1. The minimum absolute atomic E-state index is 0. The summed E-state index contributed by atoms with van der Waals surface area (Å²) < 4.78 is 50.9. The molecule has 0 saturated carbocycles. The lowest BCUT2D eigenvalue weighted by molar-refractivity contribution is -0.209. The summed E-state index contributed by atoms with van der Waals surface area (Å²) in [6.07, 6.45) is -8.63. The molecule has 3 rings (SSSR count). The van der Waals surface area contributed by atoms with Crippen LogP contribution in [-0.2, 0) is 9.47 Å². The number of hydrogen-bond acceptors (Lipinski definition) is 4. The fourth-order valence-corrected chi connectivity index (χ4v) is 3.35. The maximum atomic E-state index is 13.5. The van der Waals surface area contributed by atoms with Crippen LogP contribution in [0.4, 0.5) is 23.7 Å². The number of benzene rings is 2. The molecule has 1 heterocycles. The predicted molar refractivity (Wildman–Crippen MR) is 115 cm³/mol. The summed E-state index contributed by atoms with van der Waals surface area (Å²) in [4.78, 5) is 13.6. The van der Waals surface area contributed by atoms with Crippen molar-refractivity contribution in [3.8, 4) is 0 Å². The molecular formula is C20H20Cl3F3N2O3. The molecule has 1 aliphatic rings. The van der Waals surface area contributed by atoms with E-state index in [1.165, 1.54) is 24.3 Å². The molecule has 1 amide bonds. The fraction of sp³-hybridized carbons (Fsp3) is 0.350. The molecule has 11 heteroatoms. The highest BCUT2D eigenvalue weighted by molar-refractivity contribution is 6.30. The molecule has 2 atom stereocenters. The number of amides is 1. The summed E-state index contributed by atoms with van der Waals surface area (Å²) in [5.74, 6) is 0. The van der Waals surface area contributed by atoms with Gasteiger partial charge in [-0.3, -0.25) is 10.2 Å². The Morgan fingerprint density at radius 3 is 2.55 bits per heavy atom. The summed E-state index contributed by atoms with van der Waals surface area (Å²) >= 11 is 11.7. The SMILES string of the molecule is Cl.O=C(Nc1ccc(Cl)cc1)OC(CN1CCO[C@@H](c2cccc(Cl)c2)C1)C(F)(F)F. The van der Waals surface area contributed by atoms with Gasteiger partial charge in [-0.25, -0.2) is 4.79 Å². The molecular weight excluding hydrogens is 480 g/mol. The molecule has 5 nitrogen and oxygen atoms in total. The van der Waals surface area contributed by atoms with E-state index in [4.69, 9.17) is 32.7 Å². The third-order valence-electron chi connectivity index (χ3n) is 4.50. The largest absolute Gasteiger partial charge is 0.435 e. The zero-order valence-corrected chi connectivity index (χ0v) is 18.4. The van der Waals surface area contributed by atoms with E-state index in [1.807, 2.05) is 0 Å². The van der Waals surface area contributed by atoms with Crippen LogP contribution >= 0.6 is 35.6 Å². The average molecular weight is 500 g/mol. The lowest BCUT2D eigenvalue weighted by Gasteiger charge is -2.35. The second kappa shape index (κ2) is 11.2. The first-order valence-corrected chi connectivity index (χ1v) is 9.85. The molecule has 170 valence electrons. The van der Waals surface area contributed by atoms with E-state index in [0.29, 0.717) is 10.0 Å². The maximum Gasteiger partial charge on any atom is 0.426 e. The highest BCUT2D eigenvalue weighted by atomic mass is 35.5. The van der Waals surface area contributed by atoms with Crippen LogP contribution in [0.3, 0.4) is 0 Å². The van der Waals surface area contributed by atoms with Crippen molar-refractivity contribution in [3.05, 3.63) is 64.1 Å². The molecule has 0 aromatic heterocycles. The Kier molecular flexibility index (Phi) is 9.27. The van der Waals surface area contributed by atoms with Gasteiger partial charge in [0.25, 0.3) is 0 Å². The first-order valence-electron chi connectivity index (χ1n) is 9.10. The molecule has 0 radical (unpaired) electrons. The molecule has 31 heavy (non-hydrogen) atoms. The van der Waals surface area contributed by atoms with Crippen molar-refractivity contribution in [1.29, 1.82) is 0 Å². The molecule has 1 unspecified atom stereocenters. The third-order valence-corrected chi connectivity index (χ3v) is 4.99. The number of carbonyl (C=O) groups excluding carboxylic acids is 1. The molecule has 2 aromatic carbocycles. The number of rotatable bonds is 5. The summed E-state index contributed by atoms with van der Waals surface area (Å²) in [7, 11) is 0. The van der Waals surface area contributed by atoms with E-state index in [1.54, 1.807) is 29.2 Å². The van der Waals surface area contributed by atoms with E-state index < -0.39 is 31.0 Å². The number of morpholine rings is 1. The van der Waals surface area contributed by atoms with Crippen molar-refractivity contribution >= 4 is 47.4 Å². The van der Waals surface area contributed by atoms with Gasteiger partial charge in [-0.05, 0) is 42.0 Å². The number of anilines is 1. The Balaban J connectivity index is 0.00000341. The molecule has 0 spiro atoms. The maximum absolute atomic E-state index is 13.5. The number of nitrogens with zero attached hydrogens (tertiary/aromatic N) is 1. The molecule has 0 bridgehead atoms. The average Bonchev–Trinajstić information content (AvgIpc) is 2.69. The topological polar surface area (TPSA) is 50.8 Å². The Morgan fingerprint density at radius 2 is 1.90 bits per heavy atom. The van der Waals surface area contributed by atoms with Gasteiger partial charge in [0.2, 0.25) is 6.10 Å². The van der Waals surface area contributed by atoms with Gasteiger partial charge < -0.3 is 9.47 Å². The number of carbonyl (C=O) groups is 1. The second-order valence-electron chi connectivity index (χ2n) is 6.74. The highest BCUT2D eigenvalue weighted by Gasteiger charge is 2.44. The number of alkyl halides is 3. The lowest BCUT2D eigenvalue weighted by atomic mass is 10.1. The van der Waals surface area contributed by atoms with Crippen LogP contribution in [-0.4, -0.2) is 49.5 Å². The van der Waals surface area contributed by atoms with Gasteiger partial charge in [0.1, 0.15) is 0 Å². The molecule has 1 saturated heterocycles. The molecule has 1 aliphatic heterocycles. The van der Waals surface area contributed by atoms with Gasteiger partial charge in [-0.2, -0.15) is 13.2 Å². The summed E-state index contributed by atoms with van der Waals surface area (Å²) in [5.41, 5.74) is 1.05. The van der Waals surface area contributed by atoms with Crippen molar-refractivity contribution < 1.29 is 27.4 Å². The van der Waals surface area contributed by atoms with Crippen LogP contribution in [0.1, 0.15) is 11.7 Å². The summed E-state index contributed by atoms with van der Waals surface area (Å²) in [6, 6.07) is 12.9. The van der Waals surface area contributed by atoms with Crippen LogP contribution < -0.4 is 5.32 Å². The highest BCUT2D eigenvalue weighted by Crippen LogP contribution is 2.28. The number of ether oxygens (including phenoxy) is 2. The minimum Gasteiger partial charge on any atom is -0.435 e. The van der Waals surface area contributed by atoms with Crippen LogP contribution in [0.25, 0.3) is 0 Å². The first-order chi connectivity index (χ1) is 14.2. The van der Waals surface area contributed by atoms with Crippen molar-refractivity contribution in [2.24, 2.45) is 0 Å². The van der Waals surface area contributed by atoms with Gasteiger partial charge in [0.15, 0.2) is 0 Å². The Bertz CT molecular complexity index is 869. The summed E-state index contributed by atoms with van der Waals surface area (Å²) in [5, 5.41) is 3.22. The monoisotopic (exact) mass is 498 g/mol. The number of nitrogens with one attached hydrogen (secondary N) is 1. The Hall–Kier alpha value is -1.71. The fourth-order valence-electron chi connectivity index (χ4n) is 3.03. The van der Waals surface area contributed by atoms with Crippen molar-refractivity contribution in [3.63, 3.8) is 0 Å². The quantitative estimate of drug-likeness (QED) is 0.551. The molecule has 2 aromatic rings. The van der Waals surface area contributed by atoms with Crippen LogP contribution in [0.15, 0.2) is 48.5 Å². The van der Waals surface area contributed by atoms with Crippen molar-refractivity contribution in [1.82, 2.24) is 4.90 Å². The predicted octanol–water partition coefficient (Wildman–Crippen LogP) is 5.97. The van der Waals surface area contributed by atoms with Gasteiger partial charge in [-0.1, -0.05) is 35.3 Å². The smallest absolute Gasteiger partial charge is 0.426 e. The Labute approximate surface area is 193 Å². The normalized spacial score (nSPS) is 18.0. The zero-order chi connectivity index (χ0) is 21.7. The van der Waals surface area contributed by atoms with E-state index in [9.17, 15) is 18.0 Å². The van der Waals surface area contributed by atoms with E-state index in [-0.39, 0.29) is 37.8 Å². The Morgan fingerprint density at radius 1 is 1.19 bits per heavy atom. The van der Waals surface area contributed by atoms with Crippen LogP contribution in [0.2, 0.25) is 10.0 Å². The zero-order valence-electron chi connectivity index (χ0n) is 16.1. The van der Waals surface area contributed by atoms with Crippen molar-refractivity contribution in [2.45, 2.75) is 18.4 Å². The minimum atomic E-state index is -4.72. The van der Waals surface area contributed by atoms with Gasteiger partial charge in [-0.15, -0.1) is 12.4 Å². The van der Waals surface area contributed by atoms with E-state index in [2.05, 4.69) is 5.32 Å². The van der Waals surface area contributed by atoms with Gasteiger partial charge >= 0.3 is 12.3 Å². The first kappa shape index (κ1) is 25.5. The third kappa shape index (κ3) is 7.73. The van der Waals surface area contributed by atoms with Crippen molar-refractivity contribution in [2.75, 3.05) is 31.6 Å². The standard InChI is InChI=1S/C20H19Cl2F3N2O3.ClH/c21-14-4-6-16(7-5-14)26-19(28)30-18(20(23,24)25)12-27-8-9-29-17(11-27)13-2-1-3-15(22)10-13;/h1-7,10,17-18H,8-9,11-12H2,(H,26,28);1H/t17-,18?;/m1./s1. The number of halogens is 6. The lowest BCUT2D eigenvalue weighted by Crippen LogP contribution is -2.48. The van der Waals surface area contributed by atoms with Gasteiger partial charge in [0, 0.05) is 35.4 Å². The molecule has 1 N–H and O–H groups in total. The second-order valence-corrected chi connectivity index (χ2v) is 7.61. The van der Waals surface area contributed by atoms with E-state index >= 15 is 0 Å².